The lowest BCUT2D eigenvalue weighted by Crippen LogP contribution is -2.29. The SMILES string of the molecule is CCOC(=O)c1[nH]c(C)c(-c2ccc(C(=O)N(Cc3ccccc3)OC)cc2)c1C. The molecule has 1 N–H and O–H groups in total. The fourth-order valence-electron chi connectivity index (χ4n) is 3.48. The highest BCUT2D eigenvalue weighted by atomic mass is 16.7. The molecule has 0 atom stereocenters. The first-order valence-electron chi connectivity index (χ1n) is 9.82. The van der Waals surface area contributed by atoms with E-state index in [1.54, 1.807) is 19.1 Å². The number of H-pyrrole nitrogens is 1. The number of hydroxylamine groups is 2. The standard InChI is InChI=1S/C24H26N2O4/c1-5-30-24(28)22-16(2)21(17(3)25-22)19-11-13-20(14-12-19)23(27)26(29-4)15-18-9-7-6-8-10-18/h6-14,25H,5,15H2,1-4H3. The molecule has 6 heteroatoms. The molecule has 1 aromatic heterocycles. The Balaban J connectivity index is 1.82. The van der Waals surface area contributed by atoms with Gasteiger partial charge in [0.25, 0.3) is 5.91 Å². The zero-order valence-electron chi connectivity index (χ0n) is 17.7. The molecule has 6 nitrogen and oxygen atoms in total. The summed E-state index contributed by atoms with van der Waals surface area (Å²) in [5.74, 6) is -0.588. The van der Waals surface area contributed by atoms with Crippen LogP contribution in [0.25, 0.3) is 11.1 Å². The Kier molecular flexibility index (Phi) is 6.69. The molecular weight excluding hydrogens is 380 g/mol. The van der Waals surface area contributed by atoms with E-state index in [9.17, 15) is 9.59 Å². The minimum absolute atomic E-state index is 0.220. The highest BCUT2D eigenvalue weighted by molar-refractivity contribution is 5.95. The van der Waals surface area contributed by atoms with Crippen LogP contribution in [-0.4, -0.2) is 35.6 Å². The van der Waals surface area contributed by atoms with Crippen molar-refractivity contribution in [2.45, 2.75) is 27.3 Å². The molecule has 2 aromatic carbocycles. The van der Waals surface area contributed by atoms with Crippen LogP contribution < -0.4 is 0 Å². The molecule has 0 aliphatic rings. The van der Waals surface area contributed by atoms with Crippen molar-refractivity contribution in [3.8, 4) is 11.1 Å². The molecule has 0 fully saturated rings. The zero-order chi connectivity index (χ0) is 21.7. The van der Waals surface area contributed by atoms with Gasteiger partial charge in [0.15, 0.2) is 0 Å². The lowest BCUT2D eigenvalue weighted by Gasteiger charge is -2.20. The molecule has 1 heterocycles. The van der Waals surface area contributed by atoms with Crippen molar-refractivity contribution in [2.24, 2.45) is 0 Å². The third-order valence-electron chi connectivity index (χ3n) is 4.95. The van der Waals surface area contributed by atoms with Gasteiger partial charge in [0, 0.05) is 16.8 Å². The predicted octanol–water partition coefficient (Wildman–Crippen LogP) is 4.68. The first-order chi connectivity index (χ1) is 14.5. The Morgan fingerprint density at radius 3 is 2.27 bits per heavy atom. The summed E-state index contributed by atoms with van der Waals surface area (Å²) in [7, 11) is 1.48. The Hall–Kier alpha value is -3.38. The number of ether oxygens (including phenoxy) is 1. The first kappa shape index (κ1) is 21.3. The predicted molar refractivity (Wildman–Crippen MR) is 115 cm³/mol. The summed E-state index contributed by atoms with van der Waals surface area (Å²) in [6.07, 6.45) is 0. The highest BCUT2D eigenvalue weighted by Gasteiger charge is 2.20. The van der Waals surface area contributed by atoms with Crippen molar-refractivity contribution >= 4 is 11.9 Å². The number of carbonyl (C=O) groups excluding carboxylic acids is 2. The van der Waals surface area contributed by atoms with Crippen molar-refractivity contribution in [2.75, 3.05) is 13.7 Å². The smallest absolute Gasteiger partial charge is 0.355 e. The third kappa shape index (κ3) is 4.44. The summed E-state index contributed by atoms with van der Waals surface area (Å²) in [6, 6.07) is 17.0. The number of hydrogen-bond acceptors (Lipinski definition) is 4. The van der Waals surface area contributed by atoms with Crippen molar-refractivity contribution in [1.29, 1.82) is 0 Å². The van der Waals surface area contributed by atoms with Gasteiger partial charge in [-0.2, -0.15) is 0 Å². The van der Waals surface area contributed by atoms with E-state index in [1.165, 1.54) is 12.2 Å². The molecule has 30 heavy (non-hydrogen) atoms. The van der Waals surface area contributed by atoms with Crippen LogP contribution in [0.1, 0.15) is 44.6 Å². The fourth-order valence-corrected chi connectivity index (χ4v) is 3.48. The fraction of sp³-hybridized carbons (Fsp3) is 0.250. The van der Waals surface area contributed by atoms with Crippen LogP contribution in [0.4, 0.5) is 0 Å². The quantitative estimate of drug-likeness (QED) is 0.457. The normalized spacial score (nSPS) is 10.7. The van der Waals surface area contributed by atoms with Crippen LogP contribution in [0.15, 0.2) is 54.6 Å². The molecule has 0 radical (unpaired) electrons. The maximum Gasteiger partial charge on any atom is 0.355 e. The third-order valence-corrected chi connectivity index (χ3v) is 4.95. The van der Waals surface area contributed by atoms with Crippen LogP contribution in [0.2, 0.25) is 0 Å². The number of benzene rings is 2. The Labute approximate surface area is 176 Å². The van der Waals surface area contributed by atoms with E-state index in [1.807, 2.05) is 56.3 Å². The molecule has 0 spiro atoms. The first-order valence-corrected chi connectivity index (χ1v) is 9.82. The number of aromatic nitrogens is 1. The Morgan fingerprint density at radius 1 is 1.00 bits per heavy atom. The highest BCUT2D eigenvalue weighted by Crippen LogP contribution is 2.30. The largest absolute Gasteiger partial charge is 0.461 e. The number of rotatable bonds is 7. The van der Waals surface area contributed by atoms with Gasteiger partial charge in [-0.1, -0.05) is 42.5 Å². The lowest BCUT2D eigenvalue weighted by atomic mass is 10.00. The second-order valence-electron chi connectivity index (χ2n) is 6.93. The maximum absolute atomic E-state index is 12.9. The summed E-state index contributed by atoms with van der Waals surface area (Å²) in [6.45, 7) is 6.26. The van der Waals surface area contributed by atoms with Crippen molar-refractivity contribution < 1.29 is 19.2 Å². The number of amides is 1. The Bertz CT molecular complexity index is 1020. The minimum atomic E-state index is -0.368. The van der Waals surface area contributed by atoms with Gasteiger partial charge in [-0.25, -0.2) is 9.86 Å². The van der Waals surface area contributed by atoms with Crippen LogP contribution in [0.5, 0.6) is 0 Å². The van der Waals surface area contributed by atoms with Gasteiger partial charge in [0.1, 0.15) is 5.69 Å². The van der Waals surface area contributed by atoms with Crippen LogP contribution in [0.3, 0.4) is 0 Å². The van der Waals surface area contributed by atoms with Crippen LogP contribution in [-0.2, 0) is 16.1 Å². The van der Waals surface area contributed by atoms with Crippen molar-refractivity contribution in [3.05, 3.63) is 82.7 Å². The summed E-state index contributed by atoms with van der Waals surface area (Å²) < 4.78 is 5.12. The molecule has 0 saturated heterocycles. The van der Waals surface area contributed by atoms with Gasteiger partial charge < -0.3 is 9.72 Å². The molecule has 0 saturated carbocycles. The van der Waals surface area contributed by atoms with Gasteiger partial charge in [-0.3, -0.25) is 9.63 Å². The molecule has 0 aliphatic carbocycles. The summed E-state index contributed by atoms with van der Waals surface area (Å²) in [4.78, 5) is 33.4. The number of esters is 1. The van der Waals surface area contributed by atoms with E-state index in [0.717, 1.165) is 27.9 Å². The molecule has 3 aromatic rings. The molecule has 156 valence electrons. The number of carbonyl (C=O) groups is 2. The Morgan fingerprint density at radius 2 is 1.67 bits per heavy atom. The zero-order valence-corrected chi connectivity index (χ0v) is 17.7. The van der Waals surface area contributed by atoms with E-state index < -0.39 is 0 Å². The molecule has 1 amide bonds. The average molecular weight is 406 g/mol. The summed E-state index contributed by atoms with van der Waals surface area (Å²) in [5.41, 5.74) is 5.51. The van der Waals surface area contributed by atoms with E-state index in [4.69, 9.17) is 9.57 Å². The van der Waals surface area contributed by atoms with E-state index >= 15 is 0 Å². The molecule has 0 aliphatic heterocycles. The molecular formula is C24H26N2O4. The van der Waals surface area contributed by atoms with Crippen LogP contribution >= 0.6 is 0 Å². The maximum atomic E-state index is 12.9. The summed E-state index contributed by atoms with van der Waals surface area (Å²) in [5, 5.41) is 1.33. The molecule has 3 rings (SSSR count). The van der Waals surface area contributed by atoms with Gasteiger partial charge in [-0.15, -0.1) is 0 Å². The van der Waals surface area contributed by atoms with Gasteiger partial charge in [0.2, 0.25) is 0 Å². The average Bonchev–Trinajstić information content (AvgIpc) is 3.06. The monoisotopic (exact) mass is 406 g/mol. The minimum Gasteiger partial charge on any atom is -0.461 e. The lowest BCUT2D eigenvalue weighted by molar-refractivity contribution is -0.102. The van der Waals surface area contributed by atoms with Gasteiger partial charge in [-0.05, 0) is 49.6 Å². The number of aryl methyl sites for hydroxylation is 1. The summed E-state index contributed by atoms with van der Waals surface area (Å²) >= 11 is 0. The van der Waals surface area contributed by atoms with Gasteiger partial charge in [0.05, 0.1) is 20.3 Å². The van der Waals surface area contributed by atoms with E-state index in [0.29, 0.717) is 24.4 Å². The second kappa shape index (κ2) is 9.41. The van der Waals surface area contributed by atoms with E-state index in [2.05, 4.69) is 4.98 Å². The molecule has 0 bridgehead atoms. The second-order valence-corrected chi connectivity index (χ2v) is 6.93. The number of nitrogens with zero attached hydrogens (tertiary/aromatic N) is 1. The van der Waals surface area contributed by atoms with Gasteiger partial charge >= 0.3 is 5.97 Å². The van der Waals surface area contributed by atoms with E-state index in [-0.39, 0.29) is 11.9 Å². The number of nitrogens with one attached hydrogen (secondary N) is 1. The number of aromatic amines is 1. The van der Waals surface area contributed by atoms with Crippen molar-refractivity contribution in [3.63, 3.8) is 0 Å². The molecule has 0 unspecified atom stereocenters. The van der Waals surface area contributed by atoms with Crippen molar-refractivity contribution in [1.82, 2.24) is 10.0 Å². The topological polar surface area (TPSA) is 71.6 Å². The number of hydrogen-bond donors (Lipinski definition) is 1. The van der Waals surface area contributed by atoms with Crippen LogP contribution in [0, 0.1) is 13.8 Å².